The van der Waals surface area contributed by atoms with Crippen LogP contribution < -0.4 is 4.90 Å². The number of piperidine rings is 1. The van der Waals surface area contributed by atoms with Crippen LogP contribution in [0, 0.1) is 17.0 Å². The highest BCUT2D eigenvalue weighted by Crippen LogP contribution is 2.31. The molecule has 1 atom stereocenters. The minimum absolute atomic E-state index is 0.0952. The number of ether oxygens (including phenoxy) is 1. The maximum absolute atomic E-state index is 11.5. The number of methoxy groups -OCH3 is 1. The molecule has 1 aliphatic heterocycles. The third-order valence-electron chi connectivity index (χ3n) is 3.96. The Bertz CT molecular complexity index is 544. The van der Waals surface area contributed by atoms with Crippen LogP contribution in [0.3, 0.4) is 0 Å². The van der Waals surface area contributed by atoms with Crippen LogP contribution in [-0.4, -0.2) is 30.6 Å². The lowest BCUT2D eigenvalue weighted by Crippen LogP contribution is -2.41. The van der Waals surface area contributed by atoms with Gasteiger partial charge in [-0.05, 0) is 37.8 Å². The molecule has 1 saturated heterocycles. The summed E-state index contributed by atoms with van der Waals surface area (Å²) in [5.41, 5.74) is 1.92. The molecule has 0 aromatic heterocycles. The van der Waals surface area contributed by atoms with Crippen LogP contribution in [0.4, 0.5) is 11.4 Å². The van der Waals surface area contributed by atoms with Crippen molar-refractivity contribution in [3.63, 3.8) is 0 Å². The summed E-state index contributed by atoms with van der Waals surface area (Å²) in [7, 11) is 1.40. The van der Waals surface area contributed by atoms with Gasteiger partial charge < -0.3 is 9.64 Å². The van der Waals surface area contributed by atoms with E-state index in [0.717, 1.165) is 37.1 Å². The number of non-ortho nitro benzene ring substituents is 1. The molecular formula is C15H20N2O4. The first-order valence-corrected chi connectivity index (χ1v) is 7.11. The molecule has 2 rings (SSSR count). The Labute approximate surface area is 123 Å². The normalized spacial score (nSPS) is 18.4. The van der Waals surface area contributed by atoms with Gasteiger partial charge in [-0.15, -0.1) is 0 Å². The van der Waals surface area contributed by atoms with Gasteiger partial charge in [0.1, 0.15) is 0 Å². The fourth-order valence-corrected chi connectivity index (χ4v) is 2.88. The molecule has 114 valence electrons. The molecule has 1 unspecified atom stereocenters. The minimum atomic E-state index is -0.390. The molecule has 1 aliphatic rings. The number of hydrogen-bond acceptors (Lipinski definition) is 5. The number of esters is 1. The van der Waals surface area contributed by atoms with Crippen molar-refractivity contribution < 1.29 is 14.5 Å². The largest absolute Gasteiger partial charge is 0.469 e. The summed E-state index contributed by atoms with van der Waals surface area (Å²) in [6.45, 7) is 2.73. The summed E-state index contributed by atoms with van der Waals surface area (Å²) in [5.74, 6) is -0.216. The van der Waals surface area contributed by atoms with Crippen molar-refractivity contribution in [2.45, 2.75) is 38.6 Å². The molecular weight excluding hydrogens is 272 g/mol. The van der Waals surface area contributed by atoms with E-state index < -0.39 is 0 Å². The molecule has 1 fully saturated rings. The highest BCUT2D eigenvalue weighted by molar-refractivity contribution is 5.71. The first-order chi connectivity index (χ1) is 10.0. The Kier molecular flexibility index (Phi) is 4.77. The molecule has 0 radical (unpaired) electrons. The number of carbonyl (C=O) groups excluding carboxylic acids is 1. The van der Waals surface area contributed by atoms with Crippen molar-refractivity contribution in [1.29, 1.82) is 0 Å². The van der Waals surface area contributed by atoms with Crippen molar-refractivity contribution in [2.75, 3.05) is 18.6 Å². The zero-order valence-electron chi connectivity index (χ0n) is 12.4. The molecule has 1 aromatic carbocycles. The van der Waals surface area contributed by atoms with E-state index in [2.05, 4.69) is 4.90 Å². The van der Waals surface area contributed by atoms with Gasteiger partial charge in [0.25, 0.3) is 5.69 Å². The lowest BCUT2D eigenvalue weighted by atomic mass is 9.97. The monoisotopic (exact) mass is 292 g/mol. The molecule has 0 spiro atoms. The number of aryl methyl sites for hydroxylation is 1. The Morgan fingerprint density at radius 1 is 1.48 bits per heavy atom. The molecule has 0 saturated carbocycles. The van der Waals surface area contributed by atoms with E-state index in [1.165, 1.54) is 13.2 Å². The van der Waals surface area contributed by atoms with Gasteiger partial charge in [0.15, 0.2) is 0 Å². The standard InChI is InChI=1S/C15H20N2O4/c1-11-9-13(17(19)20)6-7-14(11)16-8-4-3-5-12(16)10-15(18)21-2/h6-7,9,12H,3-5,8,10H2,1-2H3. The van der Waals surface area contributed by atoms with E-state index >= 15 is 0 Å². The van der Waals surface area contributed by atoms with Crippen LogP contribution in [0.5, 0.6) is 0 Å². The van der Waals surface area contributed by atoms with Crippen molar-refractivity contribution in [1.82, 2.24) is 0 Å². The quantitative estimate of drug-likeness (QED) is 0.484. The second-order valence-corrected chi connectivity index (χ2v) is 5.35. The summed E-state index contributed by atoms with van der Waals surface area (Å²) >= 11 is 0. The van der Waals surface area contributed by atoms with E-state index in [0.29, 0.717) is 6.42 Å². The van der Waals surface area contributed by atoms with Crippen LogP contribution in [-0.2, 0) is 9.53 Å². The van der Waals surface area contributed by atoms with Crippen molar-refractivity contribution in [3.05, 3.63) is 33.9 Å². The second kappa shape index (κ2) is 6.56. The van der Waals surface area contributed by atoms with Crippen LogP contribution >= 0.6 is 0 Å². The Morgan fingerprint density at radius 3 is 2.86 bits per heavy atom. The average molecular weight is 292 g/mol. The molecule has 1 aromatic rings. The van der Waals surface area contributed by atoms with Gasteiger partial charge >= 0.3 is 5.97 Å². The number of carbonyl (C=O) groups is 1. The molecule has 21 heavy (non-hydrogen) atoms. The predicted octanol–water partition coefficient (Wildman–Crippen LogP) is 2.83. The average Bonchev–Trinajstić information content (AvgIpc) is 2.47. The maximum atomic E-state index is 11.5. The number of hydrogen-bond donors (Lipinski definition) is 0. The number of nitro groups is 1. The summed E-state index contributed by atoms with van der Waals surface area (Å²) < 4.78 is 4.76. The van der Waals surface area contributed by atoms with Crippen LogP contribution in [0.1, 0.15) is 31.2 Å². The van der Waals surface area contributed by atoms with Crippen molar-refractivity contribution >= 4 is 17.3 Å². The molecule has 6 nitrogen and oxygen atoms in total. The molecule has 0 amide bonds. The van der Waals surface area contributed by atoms with E-state index in [-0.39, 0.29) is 22.6 Å². The molecule has 1 heterocycles. The number of nitrogens with zero attached hydrogens (tertiary/aromatic N) is 2. The molecule has 0 aliphatic carbocycles. The van der Waals surface area contributed by atoms with Crippen molar-refractivity contribution in [3.8, 4) is 0 Å². The van der Waals surface area contributed by atoms with Gasteiger partial charge in [-0.2, -0.15) is 0 Å². The molecule has 6 heteroatoms. The first kappa shape index (κ1) is 15.3. The van der Waals surface area contributed by atoms with Gasteiger partial charge in [0.05, 0.1) is 18.5 Å². The number of rotatable bonds is 4. The zero-order valence-corrected chi connectivity index (χ0v) is 12.4. The maximum Gasteiger partial charge on any atom is 0.307 e. The smallest absolute Gasteiger partial charge is 0.307 e. The third-order valence-corrected chi connectivity index (χ3v) is 3.96. The van der Waals surface area contributed by atoms with E-state index in [1.54, 1.807) is 12.1 Å². The van der Waals surface area contributed by atoms with Gasteiger partial charge in [0, 0.05) is 30.4 Å². The van der Waals surface area contributed by atoms with Gasteiger partial charge in [0.2, 0.25) is 0 Å². The molecule has 0 bridgehead atoms. The van der Waals surface area contributed by atoms with Crippen LogP contribution in [0.2, 0.25) is 0 Å². The summed E-state index contributed by atoms with van der Waals surface area (Å²) in [5, 5.41) is 10.8. The summed E-state index contributed by atoms with van der Waals surface area (Å²) in [6, 6.07) is 4.99. The lowest BCUT2D eigenvalue weighted by Gasteiger charge is -2.38. The SMILES string of the molecule is COC(=O)CC1CCCCN1c1ccc([N+](=O)[O-])cc1C. The topological polar surface area (TPSA) is 72.7 Å². The second-order valence-electron chi connectivity index (χ2n) is 5.35. The van der Waals surface area contributed by atoms with E-state index in [4.69, 9.17) is 4.74 Å². The Morgan fingerprint density at radius 2 is 2.24 bits per heavy atom. The van der Waals surface area contributed by atoms with Crippen LogP contribution in [0.15, 0.2) is 18.2 Å². The van der Waals surface area contributed by atoms with Crippen molar-refractivity contribution in [2.24, 2.45) is 0 Å². The van der Waals surface area contributed by atoms with Gasteiger partial charge in [-0.3, -0.25) is 14.9 Å². The lowest BCUT2D eigenvalue weighted by molar-refractivity contribution is -0.384. The number of anilines is 1. The summed E-state index contributed by atoms with van der Waals surface area (Å²) in [4.78, 5) is 24.2. The van der Waals surface area contributed by atoms with E-state index in [9.17, 15) is 14.9 Å². The molecule has 0 N–H and O–H groups in total. The Balaban J connectivity index is 2.24. The fourth-order valence-electron chi connectivity index (χ4n) is 2.88. The zero-order chi connectivity index (χ0) is 15.4. The highest BCUT2D eigenvalue weighted by Gasteiger charge is 2.26. The number of benzene rings is 1. The minimum Gasteiger partial charge on any atom is -0.469 e. The van der Waals surface area contributed by atoms with Crippen LogP contribution in [0.25, 0.3) is 0 Å². The van der Waals surface area contributed by atoms with Gasteiger partial charge in [-0.1, -0.05) is 0 Å². The van der Waals surface area contributed by atoms with Gasteiger partial charge in [-0.25, -0.2) is 0 Å². The predicted molar refractivity (Wildman–Crippen MR) is 79.5 cm³/mol. The van der Waals surface area contributed by atoms with E-state index in [1.807, 2.05) is 6.92 Å². The summed E-state index contributed by atoms with van der Waals surface area (Å²) in [6.07, 6.45) is 3.44. The highest BCUT2D eigenvalue weighted by atomic mass is 16.6. The fraction of sp³-hybridized carbons (Fsp3) is 0.533. The third kappa shape index (κ3) is 3.51. The Hall–Kier alpha value is -2.11. The first-order valence-electron chi connectivity index (χ1n) is 7.11. The number of nitro benzene ring substituents is 1.